The van der Waals surface area contributed by atoms with Crippen LogP contribution in [-0.4, -0.2) is 48.7 Å². The second-order valence-electron chi connectivity index (χ2n) is 4.27. The molecule has 102 valence electrons. The van der Waals surface area contributed by atoms with Crippen LogP contribution >= 0.6 is 0 Å². The number of carbonyl (C=O) groups is 2. The first-order valence-corrected chi connectivity index (χ1v) is 5.95. The van der Waals surface area contributed by atoms with E-state index in [1.807, 2.05) is 0 Å². The lowest BCUT2D eigenvalue weighted by Crippen LogP contribution is -2.31. The first kappa shape index (κ1) is 13.2. The number of likely N-dealkylation sites (N-methyl/N-ethyl adjacent to an activating group) is 1. The predicted octanol–water partition coefficient (Wildman–Crippen LogP) is 1.00. The van der Waals surface area contributed by atoms with Crippen LogP contribution in [0.5, 0.6) is 11.5 Å². The van der Waals surface area contributed by atoms with Gasteiger partial charge >= 0.3 is 5.97 Å². The lowest BCUT2D eigenvalue weighted by atomic mass is 10.1. The molecule has 1 amide bonds. The van der Waals surface area contributed by atoms with Crippen LogP contribution in [0.25, 0.3) is 0 Å². The number of nitrogens with zero attached hydrogens (tertiary/aromatic N) is 1. The zero-order valence-electron chi connectivity index (χ0n) is 10.6. The Bertz CT molecular complexity index is 500. The average Bonchev–Trinajstić information content (AvgIpc) is 2.61. The first-order chi connectivity index (χ1) is 9.08. The fourth-order valence-electron chi connectivity index (χ4n) is 1.79. The quantitative estimate of drug-likeness (QED) is 0.882. The summed E-state index contributed by atoms with van der Waals surface area (Å²) in [5.41, 5.74) is 0.382. The minimum absolute atomic E-state index is 0.340. The van der Waals surface area contributed by atoms with Crippen LogP contribution < -0.4 is 9.47 Å². The standard InChI is InChI=1S/C13H15NO5/c1-14(8-12(15)16)13(17)9-3-4-10-11(7-9)19-6-2-5-18-10/h3-4,7H,2,5-6,8H2,1H3,(H,15,16). The lowest BCUT2D eigenvalue weighted by Gasteiger charge is -2.15. The zero-order chi connectivity index (χ0) is 13.8. The number of carbonyl (C=O) groups excluding carboxylic acids is 1. The highest BCUT2D eigenvalue weighted by Crippen LogP contribution is 2.30. The summed E-state index contributed by atoms with van der Waals surface area (Å²) in [6.07, 6.45) is 0.789. The van der Waals surface area contributed by atoms with E-state index in [9.17, 15) is 9.59 Å². The molecule has 1 aliphatic rings. The summed E-state index contributed by atoms with van der Waals surface area (Å²) in [6.45, 7) is 0.780. The second kappa shape index (κ2) is 5.60. The van der Waals surface area contributed by atoms with Crippen molar-refractivity contribution < 1.29 is 24.2 Å². The van der Waals surface area contributed by atoms with Gasteiger partial charge in [0.15, 0.2) is 11.5 Å². The summed E-state index contributed by atoms with van der Waals surface area (Å²) in [4.78, 5) is 23.7. The van der Waals surface area contributed by atoms with Crippen LogP contribution in [0.4, 0.5) is 0 Å². The Kier molecular flexibility index (Phi) is 3.89. The fraction of sp³-hybridized carbons (Fsp3) is 0.385. The van der Waals surface area contributed by atoms with Gasteiger partial charge in [0.2, 0.25) is 0 Å². The molecule has 0 radical (unpaired) electrons. The van der Waals surface area contributed by atoms with Crippen LogP contribution in [-0.2, 0) is 4.79 Å². The number of carboxylic acid groups (broad SMARTS) is 1. The number of hydrogen-bond donors (Lipinski definition) is 1. The lowest BCUT2D eigenvalue weighted by molar-refractivity contribution is -0.137. The second-order valence-corrected chi connectivity index (χ2v) is 4.27. The molecule has 0 spiro atoms. The van der Waals surface area contributed by atoms with E-state index in [0.717, 1.165) is 11.3 Å². The van der Waals surface area contributed by atoms with Crippen molar-refractivity contribution in [1.29, 1.82) is 0 Å². The van der Waals surface area contributed by atoms with Crippen molar-refractivity contribution in [3.63, 3.8) is 0 Å². The van der Waals surface area contributed by atoms with Crippen molar-refractivity contribution in [1.82, 2.24) is 4.90 Å². The summed E-state index contributed by atoms with van der Waals surface area (Å²) in [5.74, 6) is -0.287. The Hall–Kier alpha value is -2.24. The summed E-state index contributed by atoms with van der Waals surface area (Å²) in [5, 5.41) is 8.67. The van der Waals surface area contributed by atoms with E-state index >= 15 is 0 Å². The SMILES string of the molecule is CN(CC(=O)O)C(=O)c1ccc2c(c1)OCCCO2. The number of carboxylic acids is 1. The molecule has 1 heterocycles. The van der Waals surface area contributed by atoms with Crippen LogP contribution in [0.15, 0.2) is 18.2 Å². The number of aliphatic carboxylic acids is 1. The van der Waals surface area contributed by atoms with Crippen molar-refractivity contribution in [3.8, 4) is 11.5 Å². The van der Waals surface area contributed by atoms with Gasteiger partial charge in [-0.25, -0.2) is 0 Å². The van der Waals surface area contributed by atoms with Gasteiger partial charge in [-0.05, 0) is 18.2 Å². The van der Waals surface area contributed by atoms with E-state index in [2.05, 4.69) is 0 Å². The third kappa shape index (κ3) is 3.15. The van der Waals surface area contributed by atoms with Crippen molar-refractivity contribution >= 4 is 11.9 Å². The highest BCUT2D eigenvalue weighted by Gasteiger charge is 2.18. The molecule has 1 aliphatic heterocycles. The van der Waals surface area contributed by atoms with Gasteiger partial charge in [-0.2, -0.15) is 0 Å². The van der Waals surface area contributed by atoms with E-state index < -0.39 is 5.97 Å². The minimum Gasteiger partial charge on any atom is -0.490 e. The maximum absolute atomic E-state index is 12.0. The van der Waals surface area contributed by atoms with Gasteiger partial charge in [0.05, 0.1) is 13.2 Å². The van der Waals surface area contributed by atoms with Gasteiger partial charge in [-0.15, -0.1) is 0 Å². The molecule has 0 bridgehead atoms. The van der Waals surface area contributed by atoms with Gasteiger partial charge < -0.3 is 19.5 Å². The maximum atomic E-state index is 12.0. The van der Waals surface area contributed by atoms with Gasteiger partial charge in [0.1, 0.15) is 6.54 Å². The van der Waals surface area contributed by atoms with Crippen LogP contribution in [0.1, 0.15) is 16.8 Å². The summed E-state index contributed by atoms with van der Waals surface area (Å²) in [7, 11) is 1.44. The van der Waals surface area contributed by atoms with Gasteiger partial charge in [-0.1, -0.05) is 0 Å². The maximum Gasteiger partial charge on any atom is 0.323 e. The van der Waals surface area contributed by atoms with E-state index in [1.54, 1.807) is 18.2 Å². The molecule has 0 atom stereocenters. The molecule has 19 heavy (non-hydrogen) atoms. The minimum atomic E-state index is -1.05. The van der Waals surface area contributed by atoms with Gasteiger partial charge in [0.25, 0.3) is 5.91 Å². The Morgan fingerprint density at radius 2 is 1.95 bits per heavy atom. The smallest absolute Gasteiger partial charge is 0.323 e. The molecule has 0 fully saturated rings. The molecule has 0 unspecified atom stereocenters. The Morgan fingerprint density at radius 3 is 2.63 bits per heavy atom. The fourth-order valence-corrected chi connectivity index (χ4v) is 1.79. The van der Waals surface area contributed by atoms with Crippen molar-refractivity contribution in [2.75, 3.05) is 26.8 Å². The first-order valence-electron chi connectivity index (χ1n) is 5.95. The molecule has 0 aromatic heterocycles. The number of fused-ring (bicyclic) bond motifs is 1. The summed E-state index contributed by atoms with van der Waals surface area (Å²) >= 11 is 0. The molecule has 1 aromatic rings. The molecular formula is C13H15NO5. The number of rotatable bonds is 3. The normalized spacial score (nSPS) is 13.5. The molecular weight excluding hydrogens is 250 g/mol. The van der Waals surface area contributed by atoms with Crippen molar-refractivity contribution in [2.24, 2.45) is 0 Å². The third-order valence-electron chi connectivity index (χ3n) is 2.71. The molecule has 6 heteroatoms. The monoisotopic (exact) mass is 265 g/mol. The topological polar surface area (TPSA) is 76.1 Å². The molecule has 1 aromatic carbocycles. The van der Waals surface area contributed by atoms with Crippen LogP contribution in [0.2, 0.25) is 0 Å². The Balaban J connectivity index is 2.19. The van der Waals surface area contributed by atoms with E-state index in [1.165, 1.54) is 7.05 Å². The molecule has 1 N–H and O–H groups in total. The molecule has 6 nitrogen and oxygen atoms in total. The van der Waals surface area contributed by atoms with E-state index in [-0.39, 0.29) is 12.5 Å². The summed E-state index contributed by atoms with van der Waals surface area (Å²) in [6, 6.07) is 4.86. The Labute approximate surface area is 110 Å². The summed E-state index contributed by atoms with van der Waals surface area (Å²) < 4.78 is 11.0. The molecule has 2 rings (SSSR count). The molecule has 0 saturated heterocycles. The average molecular weight is 265 g/mol. The van der Waals surface area contributed by atoms with E-state index in [0.29, 0.717) is 30.3 Å². The van der Waals surface area contributed by atoms with Gasteiger partial charge in [-0.3, -0.25) is 9.59 Å². The number of benzene rings is 1. The van der Waals surface area contributed by atoms with Crippen LogP contribution in [0, 0.1) is 0 Å². The molecule has 0 saturated carbocycles. The number of amides is 1. The van der Waals surface area contributed by atoms with Crippen molar-refractivity contribution in [2.45, 2.75) is 6.42 Å². The number of hydrogen-bond acceptors (Lipinski definition) is 4. The Morgan fingerprint density at radius 1 is 1.26 bits per heavy atom. The largest absolute Gasteiger partial charge is 0.490 e. The van der Waals surface area contributed by atoms with E-state index in [4.69, 9.17) is 14.6 Å². The highest BCUT2D eigenvalue weighted by atomic mass is 16.5. The number of ether oxygens (including phenoxy) is 2. The highest BCUT2D eigenvalue weighted by molar-refractivity contribution is 5.96. The zero-order valence-corrected chi connectivity index (χ0v) is 10.6. The van der Waals surface area contributed by atoms with Gasteiger partial charge in [0, 0.05) is 19.0 Å². The predicted molar refractivity (Wildman–Crippen MR) is 66.6 cm³/mol. The molecule has 0 aliphatic carbocycles. The third-order valence-corrected chi connectivity index (χ3v) is 2.71. The van der Waals surface area contributed by atoms with Crippen LogP contribution in [0.3, 0.4) is 0 Å². The van der Waals surface area contributed by atoms with Crippen molar-refractivity contribution in [3.05, 3.63) is 23.8 Å².